The van der Waals surface area contributed by atoms with Crippen LogP contribution in [-0.2, 0) is 13.0 Å². The van der Waals surface area contributed by atoms with Crippen molar-refractivity contribution in [2.45, 2.75) is 19.9 Å². The first-order valence-corrected chi connectivity index (χ1v) is 6.35. The fourth-order valence-electron chi connectivity index (χ4n) is 1.71. The number of imidazole rings is 1. The minimum absolute atomic E-state index is 0.0190. The zero-order valence-corrected chi connectivity index (χ0v) is 11.4. The van der Waals surface area contributed by atoms with Crippen LogP contribution in [0.4, 0.5) is 0 Å². The van der Waals surface area contributed by atoms with E-state index in [0.717, 1.165) is 12.4 Å². The standard InChI is InChI=1S/C13H12Cl2N2O/c1-2-17-6-5-16-13(17)8-12(18)9-3-4-10(14)11(15)7-9/h3-7H,2,8H2,1H3. The summed E-state index contributed by atoms with van der Waals surface area (Å²) in [7, 11) is 0. The first kappa shape index (κ1) is 13.1. The highest BCUT2D eigenvalue weighted by Gasteiger charge is 2.12. The molecule has 0 N–H and O–H groups in total. The van der Waals surface area contributed by atoms with Crippen molar-refractivity contribution in [2.24, 2.45) is 0 Å². The molecule has 0 radical (unpaired) electrons. The Bertz CT molecular complexity index is 578. The quantitative estimate of drug-likeness (QED) is 0.803. The third-order valence-electron chi connectivity index (χ3n) is 2.70. The van der Waals surface area contributed by atoms with Gasteiger partial charge in [-0.15, -0.1) is 0 Å². The van der Waals surface area contributed by atoms with E-state index in [1.807, 2.05) is 17.7 Å². The predicted molar refractivity (Wildman–Crippen MR) is 72.4 cm³/mol. The SMILES string of the molecule is CCn1ccnc1CC(=O)c1ccc(Cl)c(Cl)c1. The highest BCUT2D eigenvalue weighted by atomic mass is 35.5. The van der Waals surface area contributed by atoms with Gasteiger partial charge in [0.25, 0.3) is 0 Å². The molecule has 0 atom stereocenters. The van der Waals surface area contributed by atoms with Gasteiger partial charge in [0, 0.05) is 24.5 Å². The van der Waals surface area contributed by atoms with Gasteiger partial charge in [0.05, 0.1) is 16.5 Å². The molecule has 1 aromatic carbocycles. The summed E-state index contributed by atoms with van der Waals surface area (Å²) in [6.45, 7) is 2.80. The molecule has 0 saturated heterocycles. The largest absolute Gasteiger partial charge is 0.335 e. The Hall–Kier alpha value is -1.32. The van der Waals surface area contributed by atoms with Crippen LogP contribution in [0, 0.1) is 0 Å². The summed E-state index contributed by atoms with van der Waals surface area (Å²) in [5, 5.41) is 0.838. The van der Waals surface area contributed by atoms with Crippen LogP contribution < -0.4 is 0 Å². The molecule has 0 saturated carbocycles. The fraction of sp³-hybridized carbons (Fsp3) is 0.231. The molecule has 0 aliphatic heterocycles. The van der Waals surface area contributed by atoms with E-state index < -0.39 is 0 Å². The third kappa shape index (κ3) is 2.74. The summed E-state index contributed by atoms with van der Waals surface area (Å²) in [5.74, 6) is 0.739. The van der Waals surface area contributed by atoms with Crippen molar-refractivity contribution in [3.8, 4) is 0 Å². The van der Waals surface area contributed by atoms with Crippen LogP contribution in [0.1, 0.15) is 23.1 Å². The van der Waals surface area contributed by atoms with Crippen LogP contribution in [0.3, 0.4) is 0 Å². The summed E-state index contributed by atoms with van der Waals surface area (Å²) in [6, 6.07) is 4.89. The summed E-state index contributed by atoms with van der Waals surface area (Å²) >= 11 is 11.7. The fourth-order valence-corrected chi connectivity index (χ4v) is 2.01. The lowest BCUT2D eigenvalue weighted by atomic mass is 10.1. The summed E-state index contributed by atoms with van der Waals surface area (Å²) in [6.07, 6.45) is 3.82. The Labute approximate surface area is 115 Å². The monoisotopic (exact) mass is 282 g/mol. The van der Waals surface area contributed by atoms with Crippen molar-refractivity contribution in [3.05, 3.63) is 52.0 Å². The van der Waals surface area contributed by atoms with Gasteiger partial charge < -0.3 is 4.57 Å². The average Bonchev–Trinajstić information content (AvgIpc) is 2.79. The van der Waals surface area contributed by atoms with E-state index in [1.165, 1.54) is 0 Å². The second kappa shape index (κ2) is 5.55. The predicted octanol–water partition coefficient (Wildman–Crippen LogP) is 3.64. The summed E-state index contributed by atoms with van der Waals surface area (Å²) in [5.41, 5.74) is 0.551. The molecule has 2 rings (SSSR count). The molecule has 2 aromatic rings. The number of nitrogens with zero attached hydrogens (tertiary/aromatic N) is 2. The van der Waals surface area contributed by atoms with E-state index in [-0.39, 0.29) is 12.2 Å². The van der Waals surface area contributed by atoms with Gasteiger partial charge in [0.15, 0.2) is 5.78 Å². The molecule has 0 amide bonds. The number of aromatic nitrogens is 2. The summed E-state index contributed by atoms with van der Waals surface area (Å²) in [4.78, 5) is 16.3. The number of benzene rings is 1. The van der Waals surface area contributed by atoms with Gasteiger partial charge in [0.2, 0.25) is 0 Å². The van der Waals surface area contributed by atoms with Crippen LogP contribution in [0.15, 0.2) is 30.6 Å². The average molecular weight is 283 g/mol. The molecule has 0 bridgehead atoms. The van der Waals surface area contributed by atoms with Crippen molar-refractivity contribution >= 4 is 29.0 Å². The minimum atomic E-state index is -0.0190. The Morgan fingerprint density at radius 2 is 2.11 bits per heavy atom. The number of hydrogen-bond acceptors (Lipinski definition) is 2. The van der Waals surface area contributed by atoms with Crippen LogP contribution in [0.2, 0.25) is 10.0 Å². The number of aryl methyl sites for hydroxylation is 1. The maximum Gasteiger partial charge on any atom is 0.170 e. The highest BCUT2D eigenvalue weighted by Crippen LogP contribution is 2.23. The number of halogens is 2. The van der Waals surface area contributed by atoms with Gasteiger partial charge in [-0.05, 0) is 25.1 Å². The third-order valence-corrected chi connectivity index (χ3v) is 3.44. The van der Waals surface area contributed by atoms with Gasteiger partial charge in [-0.25, -0.2) is 4.98 Å². The molecule has 1 aromatic heterocycles. The van der Waals surface area contributed by atoms with Gasteiger partial charge in [0.1, 0.15) is 5.82 Å². The minimum Gasteiger partial charge on any atom is -0.335 e. The number of carbonyl (C=O) groups is 1. The van der Waals surface area contributed by atoms with Crippen LogP contribution in [-0.4, -0.2) is 15.3 Å². The lowest BCUT2D eigenvalue weighted by Crippen LogP contribution is -2.09. The van der Waals surface area contributed by atoms with E-state index >= 15 is 0 Å². The normalized spacial score (nSPS) is 10.6. The van der Waals surface area contributed by atoms with Gasteiger partial charge in [-0.2, -0.15) is 0 Å². The number of carbonyl (C=O) groups excluding carboxylic acids is 1. The molecule has 1 heterocycles. The highest BCUT2D eigenvalue weighted by molar-refractivity contribution is 6.42. The van der Waals surface area contributed by atoms with Crippen molar-refractivity contribution in [2.75, 3.05) is 0 Å². The Morgan fingerprint density at radius 3 is 2.78 bits per heavy atom. The van der Waals surface area contributed by atoms with Crippen molar-refractivity contribution < 1.29 is 4.79 Å². The van der Waals surface area contributed by atoms with E-state index in [4.69, 9.17) is 23.2 Å². The zero-order chi connectivity index (χ0) is 13.1. The molecular weight excluding hydrogens is 271 g/mol. The Kier molecular flexibility index (Phi) is 4.04. The molecule has 5 heteroatoms. The van der Waals surface area contributed by atoms with Gasteiger partial charge in [-0.1, -0.05) is 23.2 Å². The maximum atomic E-state index is 12.1. The molecule has 0 unspecified atom stereocenters. The molecule has 18 heavy (non-hydrogen) atoms. The maximum absolute atomic E-state index is 12.1. The van der Waals surface area contributed by atoms with Gasteiger partial charge >= 0.3 is 0 Å². The molecule has 94 valence electrons. The lowest BCUT2D eigenvalue weighted by molar-refractivity contribution is 0.0990. The van der Waals surface area contributed by atoms with Crippen LogP contribution >= 0.6 is 23.2 Å². The molecule has 0 aliphatic rings. The molecule has 0 aliphatic carbocycles. The number of Topliss-reactive ketones (excluding diaryl/α,β-unsaturated/α-hetero) is 1. The van der Waals surface area contributed by atoms with E-state index in [1.54, 1.807) is 24.4 Å². The van der Waals surface area contributed by atoms with E-state index in [9.17, 15) is 4.79 Å². The molecule has 0 fully saturated rings. The van der Waals surface area contributed by atoms with Gasteiger partial charge in [-0.3, -0.25) is 4.79 Å². The second-order valence-corrected chi connectivity index (χ2v) is 4.67. The lowest BCUT2D eigenvalue weighted by Gasteiger charge is -2.05. The molecular formula is C13H12Cl2N2O. The first-order chi connectivity index (χ1) is 8.61. The van der Waals surface area contributed by atoms with Crippen LogP contribution in [0.25, 0.3) is 0 Å². The Morgan fingerprint density at radius 1 is 1.33 bits per heavy atom. The number of rotatable bonds is 4. The smallest absolute Gasteiger partial charge is 0.170 e. The zero-order valence-electron chi connectivity index (χ0n) is 9.86. The van der Waals surface area contributed by atoms with Crippen molar-refractivity contribution in [3.63, 3.8) is 0 Å². The second-order valence-electron chi connectivity index (χ2n) is 3.86. The van der Waals surface area contributed by atoms with E-state index in [0.29, 0.717) is 15.6 Å². The van der Waals surface area contributed by atoms with Crippen LogP contribution in [0.5, 0.6) is 0 Å². The Balaban J connectivity index is 2.19. The van der Waals surface area contributed by atoms with Crippen molar-refractivity contribution in [1.82, 2.24) is 9.55 Å². The first-order valence-electron chi connectivity index (χ1n) is 5.60. The topological polar surface area (TPSA) is 34.9 Å². The van der Waals surface area contributed by atoms with Crippen molar-refractivity contribution in [1.29, 1.82) is 0 Å². The molecule has 3 nitrogen and oxygen atoms in total. The number of hydrogen-bond donors (Lipinski definition) is 0. The molecule has 0 spiro atoms. The summed E-state index contributed by atoms with van der Waals surface area (Å²) < 4.78 is 1.94. The van der Waals surface area contributed by atoms with E-state index in [2.05, 4.69) is 4.98 Å². The number of ketones is 1.